The average molecular weight is 369 g/mol. The van der Waals surface area contributed by atoms with Gasteiger partial charge in [0.05, 0.1) is 34.0 Å². The van der Waals surface area contributed by atoms with Crippen LogP contribution in [0.3, 0.4) is 0 Å². The van der Waals surface area contributed by atoms with Gasteiger partial charge in [0.2, 0.25) is 0 Å². The molecule has 2 aromatic carbocycles. The Labute approximate surface area is 144 Å². The second-order valence-electron chi connectivity index (χ2n) is 4.64. The van der Waals surface area contributed by atoms with Crippen LogP contribution in [0.2, 0.25) is 5.02 Å². The largest absolute Gasteiger partial charge is 0.497 e. The molecule has 0 saturated heterocycles. The van der Waals surface area contributed by atoms with E-state index in [2.05, 4.69) is 5.32 Å². The Bertz CT molecular complexity index is 852. The van der Waals surface area contributed by atoms with E-state index in [4.69, 9.17) is 16.3 Å². The van der Waals surface area contributed by atoms with Crippen LogP contribution in [0.1, 0.15) is 0 Å². The van der Waals surface area contributed by atoms with E-state index < -0.39 is 37.5 Å². The van der Waals surface area contributed by atoms with Crippen molar-refractivity contribution in [3.8, 4) is 5.75 Å². The minimum Gasteiger partial charge on any atom is -0.497 e. The van der Waals surface area contributed by atoms with E-state index in [9.17, 15) is 30.3 Å². The van der Waals surface area contributed by atoms with Gasteiger partial charge in [-0.2, -0.15) is 0 Å². The number of non-ortho nitro benzene ring substituents is 1. The van der Waals surface area contributed by atoms with E-state index in [1.165, 1.54) is 25.3 Å². The molecule has 0 atom stereocenters. The summed E-state index contributed by atoms with van der Waals surface area (Å²) in [5.74, 6) is 0.308. The topological polar surface area (TPSA) is 151 Å². The number of hydrogen-bond acceptors (Lipinski definition) is 8. The molecule has 0 amide bonds. The molecule has 11 nitrogen and oxygen atoms in total. The third-order valence-corrected chi connectivity index (χ3v) is 3.28. The third kappa shape index (κ3) is 3.90. The van der Waals surface area contributed by atoms with E-state index in [0.717, 1.165) is 0 Å². The van der Waals surface area contributed by atoms with Gasteiger partial charge in [0, 0.05) is 16.8 Å². The zero-order chi connectivity index (χ0) is 18.7. The van der Waals surface area contributed by atoms with Crippen molar-refractivity contribution >= 4 is 40.0 Å². The first-order chi connectivity index (χ1) is 11.7. The van der Waals surface area contributed by atoms with E-state index in [-0.39, 0.29) is 10.7 Å². The molecule has 0 unspecified atom stereocenters. The van der Waals surface area contributed by atoms with Crippen LogP contribution in [0.25, 0.3) is 0 Å². The lowest BCUT2D eigenvalue weighted by atomic mass is 10.2. The van der Waals surface area contributed by atoms with Crippen LogP contribution in [0.5, 0.6) is 5.75 Å². The summed E-state index contributed by atoms with van der Waals surface area (Å²) in [5, 5.41) is 36.0. The van der Waals surface area contributed by atoms with Gasteiger partial charge in [-0.3, -0.25) is 30.3 Å². The number of benzene rings is 2. The first-order valence-corrected chi connectivity index (χ1v) is 6.83. The van der Waals surface area contributed by atoms with Gasteiger partial charge in [0.15, 0.2) is 5.69 Å². The van der Waals surface area contributed by atoms with Gasteiger partial charge in [0.25, 0.3) is 5.69 Å². The van der Waals surface area contributed by atoms with Crippen molar-refractivity contribution in [1.82, 2.24) is 0 Å². The van der Waals surface area contributed by atoms with Gasteiger partial charge >= 0.3 is 11.4 Å². The van der Waals surface area contributed by atoms with E-state index in [1.807, 2.05) is 0 Å². The summed E-state index contributed by atoms with van der Waals surface area (Å²) in [5.41, 5.74) is -2.75. The van der Waals surface area contributed by atoms with Crippen LogP contribution in [-0.2, 0) is 0 Å². The van der Waals surface area contributed by atoms with E-state index in [0.29, 0.717) is 17.9 Å². The predicted octanol–water partition coefficient (Wildman–Crippen LogP) is 3.82. The average Bonchev–Trinajstić information content (AvgIpc) is 2.53. The predicted molar refractivity (Wildman–Crippen MR) is 87.7 cm³/mol. The molecule has 0 aliphatic rings. The van der Waals surface area contributed by atoms with Crippen molar-refractivity contribution in [3.63, 3.8) is 0 Å². The molecule has 2 rings (SSSR count). The number of hydrogen-bond donors (Lipinski definition) is 1. The second-order valence-corrected chi connectivity index (χ2v) is 5.07. The normalized spacial score (nSPS) is 10.2. The van der Waals surface area contributed by atoms with Crippen LogP contribution in [0.15, 0.2) is 30.3 Å². The Hall–Kier alpha value is -3.47. The van der Waals surface area contributed by atoms with Crippen molar-refractivity contribution in [2.75, 3.05) is 12.4 Å². The lowest BCUT2D eigenvalue weighted by molar-refractivity contribution is -0.401. The van der Waals surface area contributed by atoms with Crippen molar-refractivity contribution in [2.45, 2.75) is 0 Å². The van der Waals surface area contributed by atoms with Crippen LogP contribution in [0.4, 0.5) is 28.4 Å². The highest BCUT2D eigenvalue weighted by Gasteiger charge is 2.30. The van der Waals surface area contributed by atoms with E-state index >= 15 is 0 Å². The zero-order valence-corrected chi connectivity index (χ0v) is 13.2. The first kappa shape index (κ1) is 17.9. The highest BCUT2D eigenvalue weighted by atomic mass is 35.5. The number of nitrogens with zero attached hydrogens (tertiary/aromatic N) is 3. The van der Waals surface area contributed by atoms with Crippen molar-refractivity contribution in [1.29, 1.82) is 0 Å². The summed E-state index contributed by atoms with van der Waals surface area (Å²) >= 11 is 5.89. The molecule has 12 heteroatoms. The minimum atomic E-state index is -0.954. The molecular formula is C13H9ClN4O7. The van der Waals surface area contributed by atoms with Crippen LogP contribution >= 0.6 is 11.6 Å². The van der Waals surface area contributed by atoms with Crippen molar-refractivity contribution in [2.24, 2.45) is 0 Å². The third-order valence-electron chi connectivity index (χ3n) is 3.06. The molecular weight excluding hydrogens is 360 g/mol. The van der Waals surface area contributed by atoms with Gasteiger partial charge < -0.3 is 10.1 Å². The quantitative estimate of drug-likeness (QED) is 0.596. The summed E-state index contributed by atoms with van der Waals surface area (Å²) in [6.45, 7) is 0. The number of nitro benzene ring substituents is 3. The Kier molecular flexibility index (Phi) is 4.98. The number of nitro groups is 3. The molecule has 0 aliphatic heterocycles. The van der Waals surface area contributed by atoms with Gasteiger partial charge in [-0.25, -0.2) is 0 Å². The van der Waals surface area contributed by atoms with Crippen molar-refractivity contribution in [3.05, 3.63) is 65.7 Å². The number of nitrogens with one attached hydrogen (secondary N) is 1. The second kappa shape index (κ2) is 6.97. The maximum atomic E-state index is 11.2. The number of halogens is 1. The molecule has 0 aliphatic carbocycles. The molecule has 0 fully saturated rings. The molecule has 0 aromatic heterocycles. The van der Waals surface area contributed by atoms with Gasteiger partial charge in [-0.05, 0) is 12.1 Å². The molecule has 25 heavy (non-hydrogen) atoms. The maximum Gasteiger partial charge on any atom is 0.306 e. The number of methoxy groups -OCH3 is 1. The summed E-state index contributed by atoms with van der Waals surface area (Å²) in [7, 11) is 1.37. The fourth-order valence-electron chi connectivity index (χ4n) is 2.02. The Balaban J connectivity index is 2.66. The molecule has 0 radical (unpaired) electrons. The molecule has 1 N–H and O–H groups in total. The highest BCUT2D eigenvalue weighted by Crippen LogP contribution is 2.40. The van der Waals surface area contributed by atoms with Gasteiger partial charge in [0.1, 0.15) is 5.75 Å². The fourth-order valence-corrected chi connectivity index (χ4v) is 2.24. The molecule has 0 heterocycles. The Morgan fingerprint density at radius 2 is 1.48 bits per heavy atom. The van der Waals surface area contributed by atoms with E-state index in [1.54, 1.807) is 0 Å². The minimum absolute atomic E-state index is 0.171. The SMILES string of the molecule is COc1cc(Cl)cc(Nc2c([N+](=O)[O-])cc([N+](=O)[O-])cc2[N+](=O)[O-])c1. The number of anilines is 2. The lowest BCUT2D eigenvalue weighted by Crippen LogP contribution is -2.03. The zero-order valence-electron chi connectivity index (χ0n) is 12.5. The number of ether oxygens (including phenoxy) is 1. The van der Waals surface area contributed by atoms with Crippen LogP contribution < -0.4 is 10.1 Å². The molecule has 130 valence electrons. The van der Waals surface area contributed by atoms with Gasteiger partial charge in [-0.15, -0.1) is 0 Å². The molecule has 0 bridgehead atoms. The summed E-state index contributed by atoms with van der Waals surface area (Å²) < 4.78 is 5.00. The Morgan fingerprint density at radius 1 is 0.920 bits per heavy atom. The molecule has 0 saturated carbocycles. The number of rotatable bonds is 6. The summed E-state index contributed by atoms with van der Waals surface area (Å²) in [4.78, 5) is 30.4. The highest BCUT2D eigenvalue weighted by molar-refractivity contribution is 6.31. The monoisotopic (exact) mass is 368 g/mol. The van der Waals surface area contributed by atoms with Gasteiger partial charge in [-0.1, -0.05) is 11.6 Å². The maximum absolute atomic E-state index is 11.2. The van der Waals surface area contributed by atoms with Crippen LogP contribution in [0, 0.1) is 30.3 Å². The summed E-state index contributed by atoms with van der Waals surface area (Å²) in [6, 6.07) is 5.50. The van der Waals surface area contributed by atoms with Crippen molar-refractivity contribution < 1.29 is 19.5 Å². The Morgan fingerprint density at radius 3 is 1.92 bits per heavy atom. The lowest BCUT2D eigenvalue weighted by Gasteiger charge is -2.10. The van der Waals surface area contributed by atoms with Crippen LogP contribution in [-0.4, -0.2) is 21.9 Å². The molecule has 0 spiro atoms. The fraction of sp³-hybridized carbons (Fsp3) is 0.0769. The molecule has 2 aromatic rings. The summed E-state index contributed by atoms with van der Waals surface area (Å²) in [6.07, 6.45) is 0. The first-order valence-electron chi connectivity index (χ1n) is 6.45. The standard InChI is InChI=1S/C13H9ClN4O7/c1-25-10-3-7(14)2-8(4-10)15-13-11(17(21)22)5-9(16(19)20)6-12(13)18(23)24/h2-6,15H,1H3. The smallest absolute Gasteiger partial charge is 0.306 e.